The van der Waals surface area contributed by atoms with Crippen molar-refractivity contribution in [3.8, 4) is 0 Å². The molecule has 0 aromatic carbocycles. The number of hydrogen-bond acceptors (Lipinski definition) is 3. The van der Waals surface area contributed by atoms with E-state index < -0.39 is 5.60 Å². The van der Waals surface area contributed by atoms with E-state index in [1.807, 2.05) is 24.4 Å². The highest BCUT2D eigenvalue weighted by Crippen LogP contribution is 2.24. The molecule has 2 N–H and O–H groups in total. The van der Waals surface area contributed by atoms with Gasteiger partial charge in [-0.25, -0.2) is 0 Å². The third-order valence-corrected chi connectivity index (χ3v) is 3.69. The molecule has 0 saturated carbocycles. The Kier molecular flexibility index (Phi) is 4.77. The van der Waals surface area contributed by atoms with E-state index in [-0.39, 0.29) is 0 Å². The van der Waals surface area contributed by atoms with Crippen LogP contribution < -0.4 is 5.32 Å². The van der Waals surface area contributed by atoms with Gasteiger partial charge in [0.15, 0.2) is 0 Å². The number of nitrogens with one attached hydrogen (secondary N) is 1. The minimum atomic E-state index is -0.740. The molecule has 0 spiro atoms. The summed E-state index contributed by atoms with van der Waals surface area (Å²) in [5.41, 5.74) is -0.740. The summed E-state index contributed by atoms with van der Waals surface area (Å²) in [4.78, 5) is 1.03. The molecule has 0 fully saturated rings. The lowest BCUT2D eigenvalue weighted by Gasteiger charge is -2.24. The Balaban J connectivity index is 2.43. The normalized spacial score (nSPS) is 17.3. The first kappa shape index (κ1) is 12.7. The standard InChI is InChI=1S/C12H21NOS/c1-4-6-10(2)13-9-12(3,14)11-7-5-8-15-11/h5,7-8,10,13-14H,4,6,9H2,1-3H3. The molecule has 0 aliphatic rings. The van der Waals surface area contributed by atoms with Gasteiger partial charge in [0.2, 0.25) is 0 Å². The molecule has 0 saturated heterocycles. The van der Waals surface area contributed by atoms with Crippen LogP contribution in [-0.4, -0.2) is 17.7 Å². The average molecular weight is 227 g/mol. The molecule has 1 rings (SSSR count). The fraction of sp³-hybridized carbons (Fsp3) is 0.667. The second-order valence-corrected chi connectivity index (χ2v) is 5.27. The Bertz CT molecular complexity index is 269. The number of rotatable bonds is 6. The van der Waals surface area contributed by atoms with Crippen LogP contribution in [0.3, 0.4) is 0 Å². The van der Waals surface area contributed by atoms with E-state index in [9.17, 15) is 5.11 Å². The molecule has 2 unspecified atom stereocenters. The minimum Gasteiger partial charge on any atom is -0.383 e. The maximum Gasteiger partial charge on any atom is 0.108 e. The van der Waals surface area contributed by atoms with E-state index >= 15 is 0 Å². The van der Waals surface area contributed by atoms with Crippen molar-refractivity contribution in [1.29, 1.82) is 0 Å². The third-order valence-electron chi connectivity index (χ3n) is 2.57. The van der Waals surface area contributed by atoms with Crippen molar-refractivity contribution in [2.45, 2.75) is 45.3 Å². The molecule has 0 amide bonds. The van der Waals surface area contributed by atoms with Crippen LogP contribution in [-0.2, 0) is 5.60 Å². The maximum absolute atomic E-state index is 10.2. The molecule has 1 heterocycles. The fourth-order valence-electron chi connectivity index (χ4n) is 1.58. The highest BCUT2D eigenvalue weighted by Gasteiger charge is 2.24. The van der Waals surface area contributed by atoms with Crippen LogP contribution >= 0.6 is 11.3 Å². The quantitative estimate of drug-likeness (QED) is 0.783. The predicted molar refractivity (Wildman–Crippen MR) is 66.3 cm³/mol. The van der Waals surface area contributed by atoms with Crippen molar-refractivity contribution < 1.29 is 5.11 Å². The molecular weight excluding hydrogens is 206 g/mol. The van der Waals surface area contributed by atoms with Gasteiger partial charge in [-0.15, -0.1) is 11.3 Å². The summed E-state index contributed by atoms with van der Waals surface area (Å²) in [7, 11) is 0. The molecule has 2 atom stereocenters. The van der Waals surface area contributed by atoms with Crippen molar-refractivity contribution in [2.75, 3.05) is 6.54 Å². The van der Waals surface area contributed by atoms with Gasteiger partial charge < -0.3 is 10.4 Å². The zero-order valence-corrected chi connectivity index (χ0v) is 10.6. The summed E-state index contributed by atoms with van der Waals surface area (Å²) in [5.74, 6) is 0. The van der Waals surface area contributed by atoms with Crippen molar-refractivity contribution >= 4 is 11.3 Å². The molecule has 86 valence electrons. The topological polar surface area (TPSA) is 32.3 Å². The first-order valence-electron chi connectivity index (χ1n) is 5.56. The van der Waals surface area contributed by atoms with Crippen LogP contribution in [0, 0.1) is 0 Å². The molecular formula is C12H21NOS. The van der Waals surface area contributed by atoms with Gasteiger partial charge in [0.05, 0.1) is 0 Å². The van der Waals surface area contributed by atoms with Crippen molar-refractivity contribution in [1.82, 2.24) is 5.32 Å². The summed E-state index contributed by atoms with van der Waals surface area (Å²) >= 11 is 1.60. The van der Waals surface area contributed by atoms with Gasteiger partial charge in [0.25, 0.3) is 0 Å². The SMILES string of the molecule is CCCC(C)NCC(C)(O)c1cccs1. The van der Waals surface area contributed by atoms with E-state index in [0.717, 1.165) is 11.3 Å². The zero-order valence-electron chi connectivity index (χ0n) is 9.79. The van der Waals surface area contributed by atoms with E-state index in [4.69, 9.17) is 0 Å². The fourth-order valence-corrected chi connectivity index (χ4v) is 2.37. The van der Waals surface area contributed by atoms with Crippen LogP contribution in [0.25, 0.3) is 0 Å². The van der Waals surface area contributed by atoms with Crippen LogP contribution in [0.1, 0.15) is 38.5 Å². The molecule has 0 radical (unpaired) electrons. The lowest BCUT2D eigenvalue weighted by atomic mass is 10.0. The highest BCUT2D eigenvalue weighted by atomic mass is 32.1. The van der Waals surface area contributed by atoms with Gasteiger partial charge in [0, 0.05) is 17.5 Å². The molecule has 1 aromatic rings. The number of hydrogen-bond donors (Lipinski definition) is 2. The molecule has 0 aliphatic heterocycles. The molecule has 15 heavy (non-hydrogen) atoms. The monoisotopic (exact) mass is 227 g/mol. The van der Waals surface area contributed by atoms with E-state index in [1.54, 1.807) is 11.3 Å². The predicted octanol–water partition coefficient (Wildman–Crippen LogP) is 2.73. The van der Waals surface area contributed by atoms with Gasteiger partial charge in [-0.2, -0.15) is 0 Å². The van der Waals surface area contributed by atoms with Gasteiger partial charge >= 0.3 is 0 Å². The number of aliphatic hydroxyl groups is 1. The van der Waals surface area contributed by atoms with E-state index in [2.05, 4.69) is 19.2 Å². The molecule has 2 nitrogen and oxygen atoms in total. The summed E-state index contributed by atoms with van der Waals surface area (Å²) in [6.07, 6.45) is 2.33. The summed E-state index contributed by atoms with van der Waals surface area (Å²) in [6.45, 7) is 6.82. The molecule has 0 aliphatic carbocycles. The smallest absolute Gasteiger partial charge is 0.108 e. The average Bonchev–Trinajstić information content (AvgIpc) is 2.69. The van der Waals surface area contributed by atoms with Gasteiger partial charge in [-0.3, -0.25) is 0 Å². The van der Waals surface area contributed by atoms with Gasteiger partial charge in [-0.05, 0) is 31.7 Å². The van der Waals surface area contributed by atoms with E-state index in [1.165, 1.54) is 6.42 Å². The van der Waals surface area contributed by atoms with Crippen molar-refractivity contribution in [2.24, 2.45) is 0 Å². The van der Waals surface area contributed by atoms with Gasteiger partial charge in [-0.1, -0.05) is 19.4 Å². The largest absolute Gasteiger partial charge is 0.383 e. The minimum absolute atomic E-state index is 0.474. The summed E-state index contributed by atoms with van der Waals surface area (Å²) in [6, 6.07) is 4.43. The second-order valence-electron chi connectivity index (χ2n) is 4.32. The summed E-state index contributed by atoms with van der Waals surface area (Å²) in [5, 5.41) is 15.6. The lowest BCUT2D eigenvalue weighted by Crippen LogP contribution is -2.39. The lowest BCUT2D eigenvalue weighted by molar-refractivity contribution is 0.0578. The number of thiophene rings is 1. The molecule has 0 bridgehead atoms. The Labute approximate surface area is 96.3 Å². The summed E-state index contributed by atoms with van der Waals surface area (Å²) < 4.78 is 0. The first-order valence-corrected chi connectivity index (χ1v) is 6.44. The van der Waals surface area contributed by atoms with Crippen LogP contribution in [0.5, 0.6) is 0 Å². The molecule has 3 heteroatoms. The highest BCUT2D eigenvalue weighted by molar-refractivity contribution is 7.10. The maximum atomic E-state index is 10.2. The Hall–Kier alpha value is -0.380. The Morgan fingerprint density at radius 1 is 1.60 bits per heavy atom. The zero-order chi connectivity index (χ0) is 11.3. The van der Waals surface area contributed by atoms with Crippen LogP contribution in [0.2, 0.25) is 0 Å². The molecule has 1 aromatic heterocycles. The second kappa shape index (κ2) is 5.64. The van der Waals surface area contributed by atoms with Crippen LogP contribution in [0.4, 0.5) is 0 Å². The van der Waals surface area contributed by atoms with Crippen molar-refractivity contribution in [3.05, 3.63) is 22.4 Å². The van der Waals surface area contributed by atoms with Gasteiger partial charge in [0.1, 0.15) is 5.60 Å². The first-order chi connectivity index (χ1) is 7.06. The third kappa shape index (κ3) is 3.93. The Morgan fingerprint density at radius 2 is 2.33 bits per heavy atom. The van der Waals surface area contributed by atoms with Crippen LogP contribution in [0.15, 0.2) is 17.5 Å². The van der Waals surface area contributed by atoms with Crippen molar-refractivity contribution in [3.63, 3.8) is 0 Å². The van der Waals surface area contributed by atoms with E-state index in [0.29, 0.717) is 12.6 Å². The Morgan fingerprint density at radius 3 is 2.87 bits per heavy atom.